The fourth-order valence-corrected chi connectivity index (χ4v) is 3.44. The summed E-state index contributed by atoms with van der Waals surface area (Å²) in [6.45, 7) is 1.21. The third kappa shape index (κ3) is 2.89. The summed E-state index contributed by atoms with van der Waals surface area (Å²) < 4.78 is 15.2. The fraction of sp³-hybridized carbons (Fsp3) is 0.316. The van der Waals surface area contributed by atoms with Crippen LogP contribution in [-0.2, 0) is 0 Å². The number of benzene rings is 1. The van der Waals surface area contributed by atoms with Crippen molar-refractivity contribution in [2.45, 2.75) is 12.3 Å². The Balaban J connectivity index is 1.59. The molecule has 1 aromatic carbocycles. The van der Waals surface area contributed by atoms with Crippen LogP contribution in [0.3, 0.4) is 0 Å². The van der Waals surface area contributed by atoms with Crippen molar-refractivity contribution in [1.29, 1.82) is 0 Å². The van der Waals surface area contributed by atoms with Crippen molar-refractivity contribution < 1.29 is 9.18 Å². The van der Waals surface area contributed by atoms with Gasteiger partial charge in [0.1, 0.15) is 11.3 Å². The van der Waals surface area contributed by atoms with E-state index in [0.717, 1.165) is 23.4 Å². The van der Waals surface area contributed by atoms with Gasteiger partial charge in [0.25, 0.3) is 5.91 Å². The smallest absolute Gasteiger partial charge is 0.253 e. The summed E-state index contributed by atoms with van der Waals surface area (Å²) in [7, 11) is 3.90. The van der Waals surface area contributed by atoms with E-state index in [1.165, 1.54) is 12.1 Å². The molecule has 1 aliphatic rings. The lowest BCUT2D eigenvalue weighted by Crippen LogP contribution is -2.28. The topological polar surface area (TPSA) is 53.7 Å². The van der Waals surface area contributed by atoms with Crippen LogP contribution in [0.5, 0.6) is 0 Å². The van der Waals surface area contributed by atoms with E-state index >= 15 is 0 Å². The summed E-state index contributed by atoms with van der Waals surface area (Å²) in [5.41, 5.74) is 2.25. The standard InChI is InChI=1S/C19H20FN5O/c1-23(2)18-17-6-8-21-25(17)12-16(22-18)14-7-9-24(11-14)19(26)13-4-3-5-15(20)10-13/h3-6,8,10,12,14H,7,9,11H2,1-2H3. The van der Waals surface area contributed by atoms with Crippen LogP contribution in [0.25, 0.3) is 5.52 Å². The monoisotopic (exact) mass is 353 g/mol. The van der Waals surface area contributed by atoms with Gasteiger partial charge in [0.05, 0.1) is 18.1 Å². The van der Waals surface area contributed by atoms with Crippen LogP contribution in [0.2, 0.25) is 0 Å². The van der Waals surface area contributed by atoms with E-state index in [-0.39, 0.29) is 11.8 Å². The summed E-state index contributed by atoms with van der Waals surface area (Å²) in [5, 5.41) is 4.33. The number of carbonyl (C=O) groups is 1. The third-order valence-corrected chi connectivity index (χ3v) is 4.78. The number of nitrogens with zero attached hydrogens (tertiary/aromatic N) is 5. The largest absolute Gasteiger partial charge is 0.361 e. The predicted molar refractivity (Wildman–Crippen MR) is 97.0 cm³/mol. The van der Waals surface area contributed by atoms with Gasteiger partial charge in [0.2, 0.25) is 0 Å². The third-order valence-electron chi connectivity index (χ3n) is 4.78. The van der Waals surface area contributed by atoms with Gasteiger partial charge in [-0.25, -0.2) is 13.9 Å². The van der Waals surface area contributed by atoms with Crippen molar-refractivity contribution in [3.63, 3.8) is 0 Å². The van der Waals surface area contributed by atoms with E-state index in [4.69, 9.17) is 4.98 Å². The molecule has 1 fully saturated rings. The molecule has 7 heteroatoms. The normalized spacial score (nSPS) is 17.0. The van der Waals surface area contributed by atoms with Crippen LogP contribution in [0.4, 0.5) is 10.2 Å². The van der Waals surface area contributed by atoms with E-state index in [1.807, 2.05) is 35.8 Å². The molecule has 3 aromatic rings. The SMILES string of the molecule is CN(C)c1nc(C2CCN(C(=O)c3cccc(F)c3)C2)cn2nccc12. The predicted octanol–water partition coefficient (Wildman–Crippen LogP) is 2.56. The van der Waals surface area contributed by atoms with E-state index < -0.39 is 5.82 Å². The van der Waals surface area contributed by atoms with E-state index in [2.05, 4.69) is 5.10 Å². The van der Waals surface area contributed by atoms with Crippen LogP contribution in [0.15, 0.2) is 42.7 Å². The molecule has 2 aromatic heterocycles. The molecule has 1 saturated heterocycles. The summed E-state index contributed by atoms with van der Waals surface area (Å²) in [5.74, 6) is 0.461. The number of aromatic nitrogens is 3. The Labute approximate surface area is 150 Å². The molecule has 6 nitrogen and oxygen atoms in total. The van der Waals surface area contributed by atoms with Crippen LogP contribution < -0.4 is 4.90 Å². The molecule has 0 aliphatic carbocycles. The van der Waals surface area contributed by atoms with Crippen molar-refractivity contribution in [1.82, 2.24) is 19.5 Å². The average Bonchev–Trinajstić information content (AvgIpc) is 3.29. The number of hydrogen-bond acceptors (Lipinski definition) is 4. The van der Waals surface area contributed by atoms with Gasteiger partial charge in [-0.15, -0.1) is 0 Å². The minimum absolute atomic E-state index is 0.139. The molecule has 3 heterocycles. The van der Waals surface area contributed by atoms with Gasteiger partial charge in [0.15, 0.2) is 5.82 Å². The molecule has 0 radical (unpaired) electrons. The van der Waals surface area contributed by atoms with Gasteiger partial charge in [-0.2, -0.15) is 5.10 Å². The highest BCUT2D eigenvalue weighted by Gasteiger charge is 2.30. The highest BCUT2D eigenvalue weighted by Crippen LogP contribution is 2.29. The van der Waals surface area contributed by atoms with E-state index in [1.54, 1.807) is 23.2 Å². The lowest BCUT2D eigenvalue weighted by molar-refractivity contribution is 0.0790. The lowest BCUT2D eigenvalue weighted by atomic mass is 10.1. The fourth-order valence-electron chi connectivity index (χ4n) is 3.44. The molecule has 0 spiro atoms. The molecule has 0 bridgehead atoms. The second-order valence-corrected chi connectivity index (χ2v) is 6.79. The van der Waals surface area contributed by atoms with Crippen LogP contribution in [0, 0.1) is 5.82 Å². The van der Waals surface area contributed by atoms with Crippen molar-refractivity contribution in [3.05, 3.63) is 59.8 Å². The first kappa shape index (κ1) is 16.5. The first-order valence-corrected chi connectivity index (χ1v) is 8.59. The number of halogens is 1. The van der Waals surface area contributed by atoms with Crippen LogP contribution in [0.1, 0.15) is 28.4 Å². The van der Waals surface area contributed by atoms with Gasteiger partial charge in [0, 0.05) is 38.7 Å². The van der Waals surface area contributed by atoms with Crippen molar-refractivity contribution >= 4 is 17.2 Å². The van der Waals surface area contributed by atoms with Crippen molar-refractivity contribution in [2.75, 3.05) is 32.1 Å². The molecule has 1 atom stereocenters. The quantitative estimate of drug-likeness (QED) is 0.726. The summed E-state index contributed by atoms with van der Waals surface area (Å²) in [6, 6.07) is 7.77. The lowest BCUT2D eigenvalue weighted by Gasteiger charge is -2.18. The highest BCUT2D eigenvalue weighted by atomic mass is 19.1. The van der Waals surface area contributed by atoms with Crippen molar-refractivity contribution in [2.24, 2.45) is 0 Å². The maximum absolute atomic E-state index is 13.4. The zero-order valence-corrected chi connectivity index (χ0v) is 14.8. The zero-order valence-electron chi connectivity index (χ0n) is 14.8. The van der Waals surface area contributed by atoms with Gasteiger partial charge in [-0.1, -0.05) is 6.07 Å². The van der Waals surface area contributed by atoms with Crippen LogP contribution in [-0.4, -0.2) is 52.6 Å². The Kier molecular flexibility index (Phi) is 4.06. The molecule has 1 amide bonds. The molecular weight excluding hydrogens is 333 g/mol. The average molecular weight is 353 g/mol. The Morgan fingerprint density at radius 2 is 2.15 bits per heavy atom. The van der Waals surface area contributed by atoms with Gasteiger partial charge in [-0.3, -0.25) is 4.79 Å². The van der Waals surface area contributed by atoms with Gasteiger partial charge < -0.3 is 9.80 Å². The molecule has 0 N–H and O–H groups in total. The number of rotatable bonds is 3. The minimum Gasteiger partial charge on any atom is -0.361 e. The molecule has 134 valence electrons. The maximum Gasteiger partial charge on any atom is 0.253 e. The van der Waals surface area contributed by atoms with Gasteiger partial charge >= 0.3 is 0 Å². The maximum atomic E-state index is 13.4. The van der Waals surface area contributed by atoms with Crippen LogP contribution >= 0.6 is 0 Å². The van der Waals surface area contributed by atoms with E-state index in [9.17, 15) is 9.18 Å². The molecule has 26 heavy (non-hydrogen) atoms. The number of likely N-dealkylation sites (tertiary alicyclic amines) is 1. The molecular formula is C19H20FN5O. The number of amides is 1. The number of anilines is 1. The number of fused-ring (bicyclic) bond motifs is 1. The summed E-state index contributed by atoms with van der Waals surface area (Å²) in [4.78, 5) is 21.2. The first-order chi connectivity index (χ1) is 12.5. The highest BCUT2D eigenvalue weighted by molar-refractivity contribution is 5.94. The summed E-state index contributed by atoms with van der Waals surface area (Å²) in [6.07, 6.45) is 4.51. The zero-order chi connectivity index (χ0) is 18.3. The number of hydrogen-bond donors (Lipinski definition) is 0. The Morgan fingerprint density at radius 3 is 2.92 bits per heavy atom. The Morgan fingerprint density at radius 1 is 1.31 bits per heavy atom. The Hall–Kier alpha value is -2.96. The minimum atomic E-state index is -0.395. The van der Waals surface area contributed by atoms with Crippen molar-refractivity contribution in [3.8, 4) is 0 Å². The molecule has 4 rings (SSSR count). The Bertz CT molecular complexity index is 967. The second kappa shape index (κ2) is 6.40. The first-order valence-electron chi connectivity index (χ1n) is 8.59. The van der Waals surface area contributed by atoms with Gasteiger partial charge in [-0.05, 0) is 30.7 Å². The summed E-state index contributed by atoms with van der Waals surface area (Å²) >= 11 is 0. The molecule has 0 saturated carbocycles. The second-order valence-electron chi connectivity index (χ2n) is 6.79. The molecule has 1 unspecified atom stereocenters. The molecule has 1 aliphatic heterocycles. The van der Waals surface area contributed by atoms with E-state index in [0.29, 0.717) is 18.7 Å². The number of carbonyl (C=O) groups excluding carboxylic acids is 1.